The van der Waals surface area contributed by atoms with Gasteiger partial charge >= 0.3 is 6.03 Å². The number of ether oxygens (including phenoxy) is 1. The van der Waals surface area contributed by atoms with Gasteiger partial charge < -0.3 is 15.0 Å². The van der Waals surface area contributed by atoms with Crippen molar-refractivity contribution in [2.45, 2.75) is 31.7 Å². The molecular formula is C21H27N3O4. The third-order valence-electron chi connectivity index (χ3n) is 6.13. The molecule has 4 amide bonds. The molecule has 1 aromatic rings. The molecule has 7 heteroatoms. The Bertz CT molecular complexity index is 732. The average Bonchev–Trinajstić information content (AvgIpc) is 2.74. The molecule has 2 saturated heterocycles. The van der Waals surface area contributed by atoms with Crippen LogP contribution in [0.3, 0.4) is 0 Å². The lowest BCUT2D eigenvalue weighted by Gasteiger charge is -2.43. The molecule has 3 atom stereocenters. The number of nitrogens with one attached hydrogen (secondary N) is 1. The van der Waals surface area contributed by atoms with Gasteiger partial charge in [-0.2, -0.15) is 0 Å². The quantitative estimate of drug-likeness (QED) is 0.850. The van der Waals surface area contributed by atoms with Crippen LogP contribution < -0.4 is 5.32 Å². The molecule has 2 aliphatic heterocycles. The van der Waals surface area contributed by atoms with Crippen LogP contribution in [0.5, 0.6) is 0 Å². The molecule has 0 aromatic heterocycles. The van der Waals surface area contributed by atoms with Gasteiger partial charge in [0.1, 0.15) is 0 Å². The molecule has 7 nitrogen and oxygen atoms in total. The summed E-state index contributed by atoms with van der Waals surface area (Å²) in [4.78, 5) is 41.4. The van der Waals surface area contributed by atoms with Crippen LogP contribution in [-0.2, 0) is 20.7 Å². The van der Waals surface area contributed by atoms with Crippen LogP contribution in [0, 0.1) is 11.8 Å². The van der Waals surface area contributed by atoms with E-state index in [4.69, 9.17) is 4.74 Å². The second kappa shape index (κ2) is 8.31. The number of amides is 4. The lowest BCUT2D eigenvalue weighted by Crippen LogP contribution is -2.62. The average molecular weight is 385 g/mol. The lowest BCUT2D eigenvalue weighted by atomic mass is 9.76. The van der Waals surface area contributed by atoms with Crippen molar-refractivity contribution in [3.05, 3.63) is 35.9 Å². The molecule has 0 radical (unpaired) electrons. The maximum Gasteiger partial charge on any atom is 0.324 e. The minimum atomic E-state index is -0.332. The minimum absolute atomic E-state index is 0.0954. The largest absolute Gasteiger partial charge is 0.378 e. The summed E-state index contributed by atoms with van der Waals surface area (Å²) in [6.45, 7) is 2.80. The molecule has 2 heterocycles. The Morgan fingerprint density at radius 3 is 2.61 bits per heavy atom. The first-order chi connectivity index (χ1) is 13.6. The summed E-state index contributed by atoms with van der Waals surface area (Å²) in [5.41, 5.74) is 1.10. The Labute approximate surface area is 165 Å². The molecule has 1 aliphatic carbocycles. The number of rotatable bonds is 4. The van der Waals surface area contributed by atoms with Gasteiger partial charge in [0.15, 0.2) is 0 Å². The van der Waals surface area contributed by atoms with E-state index < -0.39 is 0 Å². The van der Waals surface area contributed by atoms with Crippen LogP contribution in [0.4, 0.5) is 4.79 Å². The maximum absolute atomic E-state index is 12.9. The Kier molecular flexibility index (Phi) is 5.62. The Balaban J connectivity index is 1.36. The van der Waals surface area contributed by atoms with Gasteiger partial charge in [-0.25, -0.2) is 4.79 Å². The van der Waals surface area contributed by atoms with Crippen molar-refractivity contribution in [3.63, 3.8) is 0 Å². The smallest absolute Gasteiger partial charge is 0.324 e. The van der Waals surface area contributed by atoms with Gasteiger partial charge in [-0.1, -0.05) is 30.3 Å². The summed E-state index contributed by atoms with van der Waals surface area (Å²) in [7, 11) is 0. The summed E-state index contributed by atoms with van der Waals surface area (Å²) in [6, 6.07) is 9.28. The molecule has 1 saturated carbocycles. The van der Waals surface area contributed by atoms with Crippen LogP contribution in [-0.4, -0.2) is 66.5 Å². The number of benzene rings is 1. The van der Waals surface area contributed by atoms with E-state index >= 15 is 0 Å². The Morgan fingerprint density at radius 2 is 1.86 bits per heavy atom. The number of carbonyl (C=O) groups excluding carboxylic acids is 3. The molecular weight excluding hydrogens is 358 g/mol. The van der Waals surface area contributed by atoms with E-state index in [0.717, 1.165) is 5.56 Å². The van der Waals surface area contributed by atoms with Crippen LogP contribution in [0.2, 0.25) is 0 Å². The van der Waals surface area contributed by atoms with E-state index in [1.807, 2.05) is 35.2 Å². The van der Waals surface area contributed by atoms with Crippen molar-refractivity contribution < 1.29 is 19.1 Å². The van der Waals surface area contributed by atoms with Gasteiger partial charge in [0, 0.05) is 31.6 Å². The Morgan fingerprint density at radius 1 is 1.11 bits per heavy atom. The Hall–Kier alpha value is -2.41. The van der Waals surface area contributed by atoms with Crippen LogP contribution >= 0.6 is 0 Å². The number of hydrogen-bond donors (Lipinski definition) is 1. The van der Waals surface area contributed by atoms with Crippen LogP contribution in [0.25, 0.3) is 0 Å². The van der Waals surface area contributed by atoms with E-state index in [2.05, 4.69) is 5.32 Å². The van der Waals surface area contributed by atoms with E-state index in [-0.39, 0.29) is 35.7 Å². The first-order valence-corrected chi connectivity index (χ1v) is 10.2. The van der Waals surface area contributed by atoms with E-state index in [0.29, 0.717) is 58.5 Å². The third kappa shape index (κ3) is 3.90. The second-order valence-electron chi connectivity index (χ2n) is 7.84. The fourth-order valence-electron chi connectivity index (χ4n) is 4.53. The van der Waals surface area contributed by atoms with Gasteiger partial charge in [-0.3, -0.25) is 14.5 Å². The van der Waals surface area contributed by atoms with Gasteiger partial charge in [-0.05, 0) is 31.2 Å². The highest BCUT2D eigenvalue weighted by Crippen LogP contribution is 2.34. The summed E-state index contributed by atoms with van der Waals surface area (Å²) in [5, 5.41) is 2.99. The third-order valence-corrected chi connectivity index (χ3v) is 6.13. The van der Waals surface area contributed by atoms with Gasteiger partial charge in [0.2, 0.25) is 11.8 Å². The van der Waals surface area contributed by atoms with Crippen LogP contribution in [0.15, 0.2) is 30.3 Å². The van der Waals surface area contributed by atoms with Crippen molar-refractivity contribution in [3.8, 4) is 0 Å². The zero-order valence-corrected chi connectivity index (χ0v) is 16.0. The van der Waals surface area contributed by atoms with E-state index in [1.165, 1.54) is 4.90 Å². The molecule has 28 heavy (non-hydrogen) atoms. The first-order valence-electron chi connectivity index (χ1n) is 10.2. The predicted molar refractivity (Wildman–Crippen MR) is 102 cm³/mol. The lowest BCUT2D eigenvalue weighted by molar-refractivity contribution is -0.145. The summed E-state index contributed by atoms with van der Waals surface area (Å²) < 4.78 is 5.32. The molecule has 3 fully saturated rings. The summed E-state index contributed by atoms with van der Waals surface area (Å²) in [5.74, 6) is -0.303. The number of carbonyl (C=O) groups is 3. The number of morpholine rings is 1. The van der Waals surface area contributed by atoms with Gasteiger partial charge in [-0.15, -0.1) is 0 Å². The molecule has 1 N–H and O–H groups in total. The highest BCUT2D eigenvalue weighted by atomic mass is 16.5. The zero-order valence-electron chi connectivity index (χ0n) is 16.0. The van der Waals surface area contributed by atoms with Crippen molar-refractivity contribution in [2.24, 2.45) is 11.8 Å². The highest BCUT2D eigenvalue weighted by molar-refractivity contribution is 5.99. The minimum Gasteiger partial charge on any atom is -0.378 e. The summed E-state index contributed by atoms with van der Waals surface area (Å²) in [6.07, 6.45) is 2.54. The molecule has 150 valence electrons. The molecule has 4 rings (SSSR count). The normalized spacial score (nSPS) is 27.9. The van der Waals surface area contributed by atoms with Crippen molar-refractivity contribution in [1.29, 1.82) is 0 Å². The van der Waals surface area contributed by atoms with Gasteiger partial charge in [0.05, 0.1) is 19.1 Å². The van der Waals surface area contributed by atoms with Crippen molar-refractivity contribution >= 4 is 17.8 Å². The van der Waals surface area contributed by atoms with E-state index in [1.54, 1.807) is 0 Å². The van der Waals surface area contributed by atoms with Gasteiger partial charge in [0.25, 0.3) is 0 Å². The van der Waals surface area contributed by atoms with Crippen LogP contribution in [0.1, 0.15) is 24.8 Å². The highest BCUT2D eigenvalue weighted by Gasteiger charge is 2.45. The number of hydrogen-bond acceptors (Lipinski definition) is 4. The van der Waals surface area contributed by atoms with E-state index in [9.17, 15) is 14.4 Å². The SMILES string of the molecule is O=C(C1CCC2C(=O)N(CCc3ccccc3)C(=O)NC2C1)N1CCOCC1. The fourth-order valence-corrected chi connectivity index (χ4v) is 4.53. The first kappa shape index (κ1) is 18.9. The molecule has 3 unspecified atom stereocenters. The number of urea groups is 1. The number of nitrogens with zero attached hydrogens (tertiary/aromatic N) is 2. The molecule has 1 aromatic carbocycles. The number of fused-ring (bicyclic) bond motifs is 1. The maximum atomic E-state index is 12.9. The standard InChI is InChI=1S/C21H27N3O4/c25-19(23-10-12-28-13-11-23)16-6-7-17-18(14-16)22-21(27)24(20(17)26)9-8-15-4-2-1-3-5-15/h1-5,16-18H,6-14H2,(H,22,27). The zero-order chi connectivity index (χ0) is 19.5. The molecule has 0 bridgehead atoms. The topological polar surface area (TPSA) is 79.0 Å². The molecule has 0 spiro atoms. The monoisotopic (exact) mass is 385 g/mol. The molecule has 3 aliphatic rings. The second-order valence-corrected chi connectivity index (χ2v) is 7.84. The predicted octanol–water partition coefficient (Wildman–Crippen LogP) is 1.42. The summed E-state index contributed by atoms with van der Waals surface area (Å²) >= 11 is 0. The fraction of sp³-hybridized carbons (Fsp3) is 0.571. The van der Waals surface area contributed by atoms with Crippen molar-refractivity contribution in [2.75, 3.05) is 32.8 Å². The number of imide groups is 1. The van der Waals surface area contributed by atoms with Crippen molar-refractivity contribution in [1.82, 2.24) is 15.1 Å².